The number of fused-ring (bicyclic) bond motifs is 1. The lowest BCUT2D eigenvalue weighted by Gasteiger charge is -2.45. The summed E-state index contributed by atoms with van der Waals surface area (Å²) in [5.41, 5.74) is 1.37. The molecule has 2 heteroatoms. The zero-order valence-corrected chi connectivity index (χ0v) is 12.3. The minimum atomic E-state index is -0.164. The van der Waals surface area contributed by atoms with Gasteiger partial charge < -0.3 is 9.84 Å². The highest BCUT2D eigenvalue weighted by Gasteiger charge is 2.54. The lowest BCUT2D eigenvalue weighted by atomic mass is 9.62. The van der Waals surface area contributed by atoms with Crippen molar-refractivity contribution in [2.75, 3.05) is 7.11 Å². The smallest absolute Gasteiger partial charge is 0.0628 e. The molecular weight excluding hydrogens is 224 g/mol. The van der Waals surface area contributed by atoms with Gasteiger partial charge in [0.1, 0.15) is 0 Å². The van der Waals surface area contributed by atoms with Gasteiger partial charge in [0.2, 0.25) is 0 Å². The van der Waals surface area contributed by atoms with Crippen LogP contribution in [0.5, 0.6) is 0 Å². The van der Waals surface area contributed by atoms with Crippen LogP contribution in [0.25, 0.3) is 0 Å². The first-order valence-electron chi connectivity index (χ1n) is 7.30. The molecule has 0 aromatic carbocycles. The molecule has 0 aliphatic heterocycles. The highest BCUT2D eigenvalue weighted by Crippen LogP contribution is 2.58. The first-order valence-corrected chi connectivity index (χ1v) is 7.30. The van der Waals surface area contributed by atoms with Gasteiger partial charge in [-0.1, -0.05) is 32.9 Å². The SMILES string of the molecule is C=C1CC[C@@H](O)[C@]2(C)CC[C@H]([C@H](OC)C(C)C)[C@H]12. The fraction of sp³-hybridized carbons (Fsp3) is 0.875. The predicted molar refractivity (Wildman–Crippen MR) is 74.3 cm³/mol. The normalized spacial score (nSPS) is 42.1. The number of hydrogen-bond donors (Lipinski definition) is 1. The third-order valence-corrected chi connectivity index (χ3v) is 5.45. The van der Waals surface area contributed by atoms with Crippen LogP contribution >= 0.6 is 0 Å². The number of methoxy groups -OCH3 is 1. The van der Waals surface area contributed by atoms with E-state index in [1.54, 1.807) is 0 Å². The number of aliphatic hydroxyl groups is 1. The van der Waals surface area contributed by atoms with E-state index in [1.807, 2.05) is 7.11 Å². The Morgan fingerprint density at radius 1 is 1.39 bits per heavy atom. The van der Waals surface area contributed by atoms with Crippen molar-refractivity contribution in [1.29, 1.82) is 0 Å². The molecule has 0 radical (unpaired) electrons. The minimum Gasteiger partial charge on any atom is -0.393 e. The maximum Gasteiger partial charge on any atom is 0.0628 e. The lowest BCUT2D eigenvalue weighted by Crippen LogP contribution is -2.44. The van der Waals surface area contributed by atoms with E-state index in [0.29, 0.717) is 23.9 Å². The second kappa shape index (κ2) is 4.97. The summed E-state index contributed by atoms with van der Waals surface area (Å²) in [7, 11) is 1.82. The summed E-state index contributed by atoms with van der Waals surface area (Å²) in [6.07, 6.45) is 4.26. The van der Waals surface area contributed by atoms with Crippen molar-refractivity contribution in [3.63, 3.8) is 0 Å². The molecule has 0 spiro atoms. The predicted octanol–water partition coefficient (Wildman–Crippen LogP) is 3.40. The van der Waals surface area contributed by atoms with Crippen LogP contribution in [0.1, 0.15) is 46.5 Å². The van der Waals surface area contributed by atoms with Crippen LogP contribution < -0.4 is 0 Å². The van der Waals surface area contributed by atoms with E-state index in [2.05, 4.69) is 27.4 Å². The van der Waals surface area contributed by atoms with E-state index in [1.165, 1.54) is 5.57 Å². The molecule has 104 valence electrons. The van der Waals surface area contributed by atoms with Crippen molar-refractivity contribution in [3.8, 4) is 0 Å². The molecule has 0 amide bonds. The van der Waals surface area contributed by atoms with Gasteiger partial charge in [0, 0.05) is 12.5 Å². The quantitative estimate of drug-likeness (QED) is 0.780. The Balaban J connectivity index is 2.28. The molecule has 2 aliphatic carbocycles. The average molecular weight is 252 g/mol. The highest BCUT2D eigenvalue weighted by atomic mass is 16.5. The molecule has 0 saturated heterocycles. The zero-order chi connectivity index (χ0) is 13.5. The van der Waals surface area contributed by atoms with Crippen molar-refractivity contribution in [1.82, 2.24) is 0 Å². The van der Waals surface area contributed by atoms with E-state index in [0.717, 1.165) is 25.7 Å². The van der Waals surface area contributed by atoms with Crippen molar-refractivity contribution in [2.45, 2.75) is 58.7 Å². The van der Waals surface area contributed by atoms with Crippen molar-refractivity contribution < 1.29 is 9.84 Å². The molecule has 5 atom stereocenters. The summed E-state index contributed by atoms with van der Waals surface area (Å²) in [5, 5.41) is 10.4. The zero-order valence-electron chi connectivity index (χ0n) is 12.3. The number of hydrogen-bond acceptors (Lipinski definition) is 2. The average Bonchev–Trinajstić information content (AvgIpc) is 2.65. The van der Waals surface area contributed by atoms with Crippen molar-refractivity contribution in [2.24, 2.45) is 23.2 Å². The molecule has 0 bridgehead atoms. The van der Waals surface area contributed by atoms with Crippen LogP contribution in [0.2, 0.25) is 0 Å². The van der Waals surface area contributed by atoms with Gasteiger partial charge in [-0.15, -0.1) is 0 Å². The maximum absolute atomic E-state index is 10.4. The molecule has 0 aromatic heterocycles. The summed E-state index contributed by atoms with van der Waals surface area (Å²) in [4.78, 5) is 0. The number of aliphatic hydroxyl groups excluding tert-OH is 1. The van der Waals surface area contributed by atoms with Gasteiger partial charge in [0.25, 0.3) is 0 Å². The Labute approximate surface area is 111 Å². The molecule has 2 rings (SSSR count). The van der Waals surface area contributed by atoms with Gasteiger partial charge in [0.05, 0.1) is 12.2 Å². The number of allylic oxidation sites excluding steroid dienone is 1. The van der Waals surface area contributed by atoms with Crippen molar-refractivity contribution in [3.05, 3.63) is 12.2 Å². The maximum atomic E-state index is 10.4. The van der Waals surface area contributed by atoms with Gasteiger partial charge in [-0.2, -0.15) is 0 Å². The van der Waals surface area contributed by atoms with E-state index >= 15 is 0 Å². The van der Waals surface area contributed by atoms with Gasteiger partial charge in [-0.3, -0.25) is 0 Å². The van der Waals surface area contributed by atoms with E-state index in [4.69, 9.17) is 4.74 Å². The minimum absolute atomic E-state index is 0.0334. The van der Waals surface area contributed by atoms with Crippen LogP contribution in [0.3, 0.4) is 0 Å². The summed E-state index contributed by atoms with van der Waals surface area (Å²) >= 11 is 0. The first kappa shape index (κ1) is 14.1. The van der Waals surface area contributed by atoms with Gasteiger partial charge in [-0.25, -0.2) is 0 Å². The molecule has 18 heavy (non-hydrogen) atoms. The largest absolute Gasteiger partial charge is 0.393 e. The summed E-state index contributed by atoms with van der Waals surface area (Å²) in [6.45, 7) is 11.0. The summed E-state index contributed by atoms with van der Waals surface area (Å²) in [5.74, 6) is 1.49. The van der Waals surface area contributed by atoms with Gasteiger partial charge >= 0.3 is 0 Å². The number of rotatable bonds is 3. The summed E-state index contributed by atoms with van der Waals surface area (Å²) in [6, 6.07) is 0. The standard InChI is InChI=1S/C16H28O2/c1-10(2)15(18-5)12-8-9-16(4)13(17)7-6-11(3)14(12)16/h10,12-15,17H,3,6-9H2,1-2,4-5H3/t12-,13+,14-,15+,16-/m0/s1. The third-order valence-electron chi connectivity index (χ3n) is 5.45. The van der Waals surface area contributed by atoms with E-state index < -0.39 is 0 Å². The third kappa shape index (κ3) is 2.04. The molecule has 0 heterocycles. The second-order valence-electron chi connectivity index (χ2n) is 6.84. The van der Waals surface area contributed by atoms with E-state index in [9.17, 15) is 5.11 Å². The molecule has 0 aromatic rings. The second-order valence-corrected chi connectivity index (χ2v) is 6.84. The molecular formula is C16H28O2. The molecule has 2 nitrogen and oxygen atoms in total. The van der Waals surface area contributed by atoms with Crippen LogP contribution in [-0.4, -0.2) is 24.4 Å². The first-order chi connectivity index (χ1) is 8.41. The molecule has 2 aliphatic rings. The molecule has 2 saturated carbocycles. The van der Waals surface area contributed by atoms with Crippen molar-refractivity contribution >= 4 is 0 Å². The Morgan fingerprint density at radius 2 is 2.06 bits per heavy atom. The molecule has 0 unspecified atom stereocenters. The monoisotopic (exact) mass is 252 g/mol. The molecule has 1 N–H and O–H groups in total. The Kier molecular flexibility index (Phi) is 3.89. The van der Waals surface area contributed by atoms with Gasteiger partial charge in [0.15, 0.2) is 0 Å². The Morgan fingerprint density at radius 3 is 2.61 bits per heavy atom. The highest BCUT2D eigenvalue weighted by molar-refractivity contribution is 5.18. The van der Waals surface area contributed by atoms with Crippen LogP contribution in [0.4, 0.5) is 0 Å². The van der Waals surface area contributed by atoms with E-state index in [-0.39, 0.29) is 11.5 Å². The fourth-order valence-electron chi connectivity index (χ4n) is 4.53. The fourth-order valence-corrected chi connectivity index (χ4v) is 4.53. The lowest BCUT2D eigenvalue weighted by molar-refractivity contribution is -0.0433. The van der Waals surface area contributed by atoms with Gasteiger partial charge in [-0.05, 0) is 43.4 Å². The Bertz CT molecular complexity index is 323. The van der Waals surface area contributed by atoms with Crippen LogP contribution in [0.15, 0.2) is 12.2 Å². The number of ether oxygens (including phenoxy) is 1. The van der Waals surface area contributed by atoms with Crippen LogP contribution in [-0.2, 0) is 4.74 Å². The molecule has 2 fully saturated rings. The summed E-state index contributed by atoms with van der Waals surface area (Å²) < 4.78 is 5.75. The Hall–Kier alpha value is -0.340. The topological polar surface area (TPSA) is 29.5 Å². The van der Waals surface area contributed by atoms with Crippen LogP contribution in [0, 0.1) is 23.2 Å².